The first-order valence-corrected chi connectivity index (χ1v) is 10.3. The minimum absolute atomic E-state index is 0.100. The van der Waals surface area contributed by atoms with E-state index in [0.717, 1.165) is 22.5 Å². The number of likely N-dealkylation sites (tertiary alicyclic amines) is 1. The largest absolute Gasteiger partial charge is 0.466 e. The van der Waals surface area contributed by atoms with Gasteiger partial charge in [-0.25, -0.2) is 4.79 Å². The molecular weight excluding hydrogens is 384 g/mol. The predicted octanol–water partition coefficient (Wildman–Crippen LogP) is 1.36. The van der Waals surface area contributed by atoms with Crippen molar-refractivity contribution in [1.29, 1.82) is 0 Å². The summed E-state index contributed by atoms with van der Waals surface area (Å²) in [6, 6.07) is 0. The van der Waals surface area contributed by atoms with Crippen LogP contribution in [0.25, 0.3) is 11.0 Å². The number of fused-ring (bicyclic) bond motifs is 1. The molecule has 1 fully saturated rings. The Balaban J connectivity index is 1.89. The third kappa shape index (κ3) is 3.87. The van der Waals surface area contributed by atoms with Gasteiger partial charge in [0, 0.05) is 19.6 Å². The van der Waals surface area contributed by atoms with Crippen LogP contribution >= 0.6 is 11.5 Å². The van der Waals surface area contributed by atoms with Crippen LogP contribution in [0.2, 0.25) is 0 Å². The maximum atomic E-state index is 13.0. The number of unbranched alkanes of at least 4 members (excludes halogenated alkanes) is 1. The van der Waals surface area contributed by atoms with Gasteiger partial charge in [0.2, 0.25) is 0 Å². The van der Waals surface area contributed by atoms with Gasteiger partial charge in [0.15, 0.2) is 5.52 Å². The Morgan fingerprint density at radius 1 is 1.32 bits per heavy atom. The van der Waals surface area contributed by atoms with Gasteiger partial charge in [-0.2, -0.15) is 4.37 Å². The smallest absolute Gasteiger partial charge is 0.328 e. The standard InChI is InChI=1S/C18H24N4O5S/c1-3-5-9-22-15(23)13-12(19-18(22)26)14(28-20-13)16(24)21-8-6-7-11(10-21)17(25)27-4-2/h11H,3-10H2,1-2H3,(H,19,26). The number of aromatic nitrogens is 3. The van der Waals surface area contributed by atoms with Crippen molar-refractivity contribution in [2.45, 2.75) is 46.1 Å². The maximum absolute atomic E-state index is 13.0. The summed E-state index contributed by atoms with van der Waals surface area (Å²) in [5.74, 6) is -0.994. The highest BCUT2D eigenvalue weighted by molar-refractivity contribution is 7.09. The number of hydrogen-bond acceptors (Lipinski definition) is 7. The second-order valence-corrected chi connectivity index (χ2v) is 7.59. The molecule has 9 nitrogen and oxygen atoms in total. The Morgan fingerprint density at radius 2 is 2.11 bits per heavy atom. The van der Waals surface area contributed by atoms with Crippen molar-refractivity contribution in [3.8, 4) is 0 Å². The Bertz CT molecular complexity index is 992. The zero-order valence-electron chi connectivity index (χ0n) is 16.0. The van der Waals surface area contributed by atoms with Crippen molar-refractivity contribution < 1.29 is 14.3 Å². The summed E-state index contributed by atoms with van der Waals surface area (Å²) >= 11 is 0.899. The molecule has 0 bridgehead atoms. The predicted molar refractivity (Wildman–Crippen MR) is 105 cm³/mol. The van der Waals surface area contributed by atoms with Crippen LogP contribution in [0.1, 0.15) is 49.2 Å². The lowest BCUT2D eigenvalue weighted by Crippen LogP contribution is -2.42. The molecular formula is C18H24N4O5S. The lowest BCUT2D eigenvalue weighted by atomic mass is 9.98. The van der Waals surface area contributed by atoms with Crippen LogP contribution < -0.4 is 11.2 Å². The van der Waals surface area contributed by atoms with Gasteiger partial charge in [0.25, 0.3) is 11.5 Å². The molecule has 2 aromatic heterocycles. The number of piperidine rings is 1. The average molecular weight is 408 g/mol. The number of rotatable bonds is 6. The molecule has 10 heteroatoms. The Hall–Kier alpha value is -2.49. The Morgan fingerprint density at radius 3 is 2.82 bits per heavy atom. The van der Waals surface area contributed by atoms with Gasteiger partial charge in [0.1, 0.15) is 4.88 Å². The number of nitrogens with one attached hydrogen (secondary N) is 1. The van der Waals surface area contributed by atoms with E-state index in [1.54, 1.807) is 11.8 Å². The van der Waals surface area contributed by atoms with E-state index in [1.807, 2.05) is 6.92 Å². The third-order valence-electron chi connectivity index (χ3n) is 4.87. The van der Waals surface area contributed by atoms with E-state index < -0.39 is 11.2 Å². The summed E-state index contributed by atoms with van der Waals surface area (Å²) in [6.45, 7) is 5.10. The fourth-order valence-electron chi connectivity index (χ4n) is 3.37. The summed E-state index contributed by atoms with van der Waals surface area (Å²) < 4.78 is 10.3. The van der Waals surface area contributed by atoms with Crippen molar-refractivity contribution in [1.82, 2.24) is 18.8 Å². The van der Waals surface area contributed by atoms with Gasteiger partial charge in [-0.1, -0.05) is 13.3 Å². The lowest BCUT2D eigenvalue weighted by molar-refractivity contribution is -0.149. The summed E-state index contributed by atoms with van der Waals surface area (Å²) in [7, 11) is 0. The van der Waals surface area contributed by atoms with Crippen LogP contribution in [0.15, 0.2) is 9.59 Å². The van der Waals surface area contributed by atoms with Gasteiger partial charge in [0.05, 0.1) is 18.0 Å². The number of esters is 1. The van der Waals surface area contributed by atoms with E-state index in [9.17, 15) is 19.2 Å². The fraction of sp³-hybridized carbons (Fsp3) is 0.611. The molecule has 0 aliphatic carbocycles. The summed E-state index contributed by atoms with van der Waals surface area (Å²) in [4.78, 5) is 54.3. The van der Waals surface area contributed by atoms with Crippen molar-refractivity contribution in [3.63, 3.8) is 0 Å². The number of hydrogen-bond donors (Lipinski definition) is 1. The van der Waals surface area contributed by atoms with E-state index >= 15 is 0 Å². The van der Waals surface area contributed by atoms with E-state index in [2.05, 4.69) is 9.36 Å². The molecule has 1 amide bonds. The molecule has 0 radical (unpaired) electrons. The molecule has 1 aliphatic heterocycles. The molecule has 0 spiro atoms. The van der Waals surface area contributed by atoms with E-state index in [-0.39, 0.29) is 40.2 Å². The van der Waals surface area contributed by atoms with Gasteiger partial charge >= 0.3 is 11.7 Å². The number of amides is 1. The minimum atomic E-state index is -0.539. The first-order valence-electron chi connectivity index (χ1n) is 9.56. The highest BCUT2D eigenvalue weighted by Gasteiger charge is 2.31. The van der Waals surface area contributed by atoms with Crippen LogP contribution in [0, 0.1) is 5.92 Å². The van der Waals surface area contributed by atoms with Crippen LogP contribution in [-0.4, -0.2) is 50.4 Å². The van der Waals surface area contributed by atoms with Crippen molar-refractivity contribution >= 4 is 34.4 Å². The summed E-state index contributed by atoms with van der Waals surface area (Å²) in [6.07, 6.45) is 2.91. The molecule has 3 rings (SSSR count). The molecule has 1 unspecified atom stereocenters. The monoisotopic (exact) mass is 408 g/mol. The zero-order valence-corrected chi connectivity index (χ0v) is 16.8. The number of carbonyl (C=O) groups is 2. The van der Waals surface area contributed by atoms with Gasteiger partial charge < -0.3 is 14.6 Å². The first kappa shape index (κ1) is 20.2. The van der Waals surface area contributed by atoms with E-state index in [1.165, 1.54) is 0 Å². The Kier molecular flexibility index (Phi) is 6.28. The topological polar surface area (TPSA) is 114 Å². The molecule has 1 N–H and O–H groups in total. The van der Waals surface area contributed by atoms with Crippen molar-refractivity contribution in [2.24, 2.45) is 5.92 Å². The van der Waals surface area contributed by atoms with Crippen LogP contribution in [-0.2, 0) is 16.1 Å². The molecule has 28 heavy (non-hydrogen) atoms. The SMILES string of the molecule is CCCCn1c(=O)[nH]c2c(C(=O)N3CCCC(C(=O)OCC)C3)snc2c1=O. The molecule has 1 saturated heterocycles. The maximum Gasteiger partial charge on any atom is 0.328 e. The van der Waals surface area contributed by atoms with Gasteiger partial charge in [-0.05, 0) is 37.7 Å². The molecule has 152 valence electrons. The van der Waals surface area contributed by atoms with Crippen LogP contribution in [0.4, 0.5) is 0 Å². The van der Waals surface area contributed by atoms with E-state index in [0.29, 0.717) is 39.0 Å². The summed E-state index contributed by atoms with van der Waals surface area (Å²) in [5.41, 5.74) is -0.743. The zero-order chi connectivity index (χ0) is 20.3. The molecule has 2 aromatic rings. The fourth-order valence-corrected chi connectivity index (χ4v) is 4.17. The lowest BCUT2D eigenvalue weighted by Gasteiger charge is -2.31. The average Bonchev–Trinajstić information content (AvgIpc) is 3.11. The molecule has 0 saturated carbocycles. The van der Waals surface area contributed by atoms with Crippen molar-refractivity contribution in [3.05, 3.63) is 25.7 Å². The number of carbonyl (C=O) groups excluding carboxylic acids is 2. The quantitative estimate of drug-likeness (QED) is 0.722. The second-order valence-electron chi connectivity index (χ2n) is 6.82. The molecule has 1 aliphatic rings. The normalized spacial score (nSPS) is 17.1. The van der Waals surface area contributed by atoms with E-state index in [4.69, 9.17) is 4.74 Å². The second kappa shape index (κ2) is 8.68. The first-order chi connectivity index (χ1) is 13.5. The molecule has 0 aromatic carbocycles. The molecule has 1 atom stereocenters. The van der Waals surface area contributed by atoms with Gasteiger partial charge in [-0.15, -0.1) is 0 Å². The number of H-pyrrole nitrogens is 1. The van der Waals surface area contributed by atoms with Crippen LogP contribution in [0.3, 0.4) is 0 Å². The number of aromatic amines is 1. The highest BCUT2D eigenvalue weighted by atomic mass is 32.1. The number of nitrogens with zero attached hydrogens (tertiary/aromatic N) is 3. The highest BCUT2D eigenvalue weighted by Crippen LogP contribution is 2.24. The van der Waals surface area contributed by atoms with Gasteiger partial charge in [-0.3, -0.25) is 19.0 Å². The third-order valence-corrected chi connectivity index (χ3v) is 5.71. The Labute approximate surface area is 165 Å². The minimum Gasteiger partial charge on any atom is -0.466 e. The summed E-state index contributed by atoms with van der Waals surface area (Å²) in [5, 5.41) is 0. The van der Waals surface area contributed by atoms with Crippen LogP contribution in [0.5, 0.6) is 0 Å². The van der Waals surface area contributed by atoms with Crippen molar-refractivity contribution in [2.75, 3.05) is 19.7 Å². The molecule has 3 heterocycles. The number of ether oxygens (including phenoxy) is 1.